The highest BCUT2D eigenvalue weighted by atomic mass is 16.5. The summed E-state index contributed by atoms with van der Waals surface area (Å²) < 4.78 is 5.48. The van der Waals surface area contributed by atoms with E-state index in [1.165, 1.54) is 24.1 Å². The third-order valence-electron chi connectivity index (χ3n) is 3.18. The van der Waals surface area contributed by atoms with Crippen LogP contribution in [0.25, 0.3) is 0 Å². The summed E-state index contributed by atoms with van der Waals surface area (Å²) in [6.45, 7) is 5.09. The molecule has 1 fully saturated rings. The fraction of sp³-hybridized carbons (Fsp3) is 0.571. The van der Waals surface area contributed by atoms with Gasteiger partial charge in [-0.05, 0) is 42.9 Å². The lowest BCUT2D eigenvalue weighted by Gasteiger charge is -2.22. The SMILES string of the molecule is CCc1cccc(NCC2CCCOC2)c1. The maximum Gasteiger partial charge on any atom is 0.0511 e. The molecule has 1 aliphatic rings. The zero-order valence-electron chi connectivity index (χ0n) is 10.0. The van der Waals surface area contributed by atoms with Crippen LogP contribution in [0, 0.1) is 5.92 Å². The summed E-state index contributed by atoms with van der Waals surface area (Å²) in [5.41, 5.74) is 2.63. The molecular weight excluding hydrogens is 198 g/mol. The van der Waals surface area contributed by atoms with Gasteiger partial charge in [0.2, 0.25) is 0 Å². The molecule has 0 aliphatic carbocycles. The van der Waals surface area contributed by atoms with Crippen molar-refractivity contribution in [2.75, 3.05) is 25.1 Å². The minimum Gasteiger partial charge on any atom is -0.385 e. The summed E-state index contributed by atoms with van der Waals surface area (Å²) in [4.78, 5) is 0. The molecule has 2 heteroatoms. The average molecular weight is 219 g/mol. The largest absolute Gasteiger partial charge is 0.385 e. The number of nitrogens with one attached hydrogen (secondary N) is 1. The maximum absolute atomic E-state index is 5.48. The average Bonchev–Trinajstić information content (AvgIpc) is 2.38. The third-order valence-corrected chi connectivity index (χ3v) is 3.18. The van der Waals surface area contributed by atoms with Gasteiger partial charge in [-0.2, -0.15) is 0 Å². The van der Waals surface area contributed by atoms with Gasteiger partial charge in [0.15, 0.2) is 0 Å². The number of hydrogen-bond acceptors (Lipinski definition) is 2. The van der Waals surface area contributed by atoms with Gasteiger partial charge in [-0.1, -0.05) is 19.1 Å². The van der Waals surface area contributed by atoms with Crippen molar-refractivity contribution in [3.05, 3.63) is 29.8 Å². The van der Waals surface area contributed by atoms with Crippen LogP contribution in [0.15, 0.2) is 24.3 Å². The molecule has 1 unspecified atom stereocenters. The minimum atomic E-state index is 0.680. The van der Waals surface area contributed by atoms with Gasteiger partial charge in [0.25, 0.3) is 0 Å². The Hall–Kier alpha value is -1.02. The topological polar surface area (TPSA) is 21.3 Å². The molecule has 0 saturated carbocycles. The molecule has 0 radical (unpaired) electrons. The van der Waals surface area contributed by atoms with E-state index in [1.54, 1.807) is 0 Å². The molecule has 1 aromatic rings. The summed E-state index contributed by atoms with van der Waals surface area (Å²) in [6, 6.07) is 8.68. The molecule has 1 aliphatic heterocycles. The van der Waals surface area contributed by atoms with Crippen LogP contribution >= 0.6 is 0 Å². The highest BCUT2D eigenvalue weighted by molar-refractivity contribution is 5.45. The standard InChI is InChI=1S/C14H21NO/c1-2-12-5-3-7-14(9-12)15-10-13-6-4-8-16-11-13/h3,5,7,9,13,15H,2,4,6,8,10-11H2,1H3. The van der Waals surface area contributed by atoms with Crippen molar-refractivity contribution in [1.29, 1.82) is 0 Å². The Morgan fingerprint density at radius 3 is 3.12 bits per heavy atom. The predicted octanol–water partition coefficient (Wildman–Crippen LogP) is 3.09. The lowest BCUT2D eigenvalue weighted by atomic mass is 10.0. The van der Waals surface area contributed by atoms with E-state index in [-0.39, 0.29) is 0 Å². The van der Waals surface area contributed by atoms with Gasteiger partial charge in [-0.3, -0.25) is 0 Å². The quantitative estimate of drug-likeness (QED) is 0.840. The van der Waals surface area contributed by atoms with Crippen LogP contribution in [-0.2, 0) is 11.2 Å². The highest BCUT2D eigenvalue weighted by Crippen LogP contribution is 2.16. The zero-order valence-corrected chi connectivity index (χ0v) is 10.0. The van der Waals surface area contributed by atoms with E-state index in [4.69, 9.17) is 4.74 Å². The first-order valence-electron chi connectivity index (χ1n) is 6.29. The van der Waals surface area contributed by atoms with Crippen molar-refractivity contribution in [3.8, 4) is 0 Å². The number of benzene rings is 1. The number of anilines is 1. The van der Waals surface area contributed by atoms with Crippen LogP contribution in [0.2, 0.25) is 0 Å². The van der Waals surface area contributed by atoms with E-state index < -0.39 is 0 Å². The van der Waals surface area contributed by atoms with E-state index in [0.29, 0.717) is 5.92 Å². The van der Waals surface area contributed by atoms with E-state index >= 15 is 0 Å². The summed E-state index contributed by atoms with van der Waals surface area (Å²) >= 11 is 0. The Kier molecular flexibility index (Phi) is 4.23. The minimum absolute atomic E-state index is 0.680. The van der Waals surface area contributed by atoms with Crippen LogP contribution in [0.3, 0.4) is 0 Å². The Morgan fingerprint density at radius 1 is 1.44 bits per heavy atom. The second kappa shape index (κ2) is 5.90. The second-order valence-electron chi connectivity index (χ2n) is 4.52. The number of rotatable bonds is 4. The number of hydrogen-bond donors (Lipinski definition) is 1. The summed E-state index contributed by atoms with van der Waals surface area (Å²) in [5, 5.41) is 3.51. The van der Waals surface area contributed by atoms with Gasteiger partial charge in [-0.25, -0.2) is 0 Å². The fourth-order valence-corrected chi connectivity index (χ4v) is 2.13. The molecule has 0 spiro atoms. The van der Waals surface area contributed by atoms with Gasteiger partial charge < -0.3 is 10.1 Å². The van der Waals surface area contributed by atoms with Gasteiger partial charge in [-0.15, -0.1) is 0 Å². The molecule has 88 valence electrons. The Morgan fingerprint density at radius 2 is 2.38 bits per heavy atom. The van der Waals surface area contributed by atoms with Crippen molar-refractivity contribution in [2.45, 2.75) is 26.2 Å². The fourth-order valence-electron chi connectivity index (χ4n) is 2.13. The van der Waals surface area contributed by atoms with E-state index in [9.17, 15) is 0 Å². The molecule has 1 aromatic carbocycles. The second-order valence-corrected chi connectivity index (χ2v) is 4.52. The molecule has 2 rings (SSSR count). The number of ether oxygens (including phenoxy) is 1. The third kappa shape index (κ3) is 3.24. The van der Waals surface area contributed by atoms with E-state index in [1.807, 2.05) is 0 Å². The van der Waals surface area contributed by atoms with Gasteiger partial charge in [0.1, 0.15) is 0 Å². The first kappa shape index (κ1) is 11.5. The number of aryl methyl sites for hydroxylation is 1. The molecule has 1 saturated heterocycles. The summed E-state index contributed by atoms with van der Waals surface area (Å²) in [5.74, 6) is 0.680. The summed E-state index contributed by atoms with van der Waals surface area (Å²) in [6.07, 6.45) is 3.60. The lowest BCUT2D eigenvalue weighted by Crippen LogP contribution is -2.24. The molecule has 1 heterocycles. The maximum atomic E-state index is 5.48. The molecule has 0 aromatic heterocycles. The van der Waals surface area contributed by atoms with Crippen molar-refractivity contribution in [2.24, 2.45) is 5.92 Å². The van der Waals surface area contributed by atoms with Crippen LogP contribution in [0.4, 0.5) is 5.69 Å². The predicted molar refractivity (Wildman–Crippen MR) is 67.9 cm³/mol. The molecule has 16 heavy (non-hydrogen) atoms. The van der Waals surface area contributed by atoms with Crippen molar-refractivity contribution in [1.82, 2.24) is 0 Å². The first-order chi connectivity index (χ1) is 7.88. The summed E-state index contributed by atoms with van der Waals surface area (Å²) in [7, 11) is 0. The Balaban J connectivity index is 1.83. The van der Waals surface area contributed by atoms with Gasteiger partial charge in [0.05, 0.1) is 6.61 Å². The first-order valence-corrected chi connectivity index (χ1v) is 6.29. The normalized spacial score (nSPS) is 20.7. The molecule has 1 N–H and O–H groups in total. The zero-order chi connectivity index (χ0) is 11.2. The van der Waals surface area contributed by atoms with Crippen LogP contribution in [-0.4, -0.2) is 19.8 Å². The molecule has 1 atom stereocenters. The van der Waals surface area contributed by atoms with Crippen molar-refractivity contribution >= 4 is 5.69 Å². The van der Waals surface area contributed by atoms with E-state index in [2.05, 4.69) is 36.5 Å². The molecular formula is C14H21NO. The van der Waals surface area contributed by atoms with Gasteiger partial charge in [0, 0.05) is 18.8 Å². The Labute approximate surface area is 98.0 Å². The molecule has 0 bridgehead atoms. The van der Waals surface area contributed by atoms with Gasteiger partial charge >= 0.3 is 0 Å². The molecule has 0 amide bonds. The molecule has 2 nitrogen and oxygen atoms in total. The lowest BCUT2D eigenvalue weighted by molar-refractivity contribution is 0.0595. The smallest absolute Gasteiger partial charge is 0.0511 e. The van der Waals surface area contributed by atoms with Crippen molar-refractivity contribution < 1.29 is 4.74 Å². The van der Waals surface area contributed by atoms with E-state index in [0.717, 1.165) is 26.2 Å². The van der Waals surface area contributed by atoms with Crippen molar-refractivity contribution in [3.63, 3.8) is 0 Å². The highest BCUT2D eigenvalue weighted by Gasteiger charge is 2.13. The van der Waals surface area contributed by atoms with Crippen LogP contribution < -0.4 is 5.32 Å². The van der Waals surface area contributed by atoms with Crippen LogP contribution in [0.5, 0.6) is 0 Å². The Bertz CT molecular complexity index is 318. The monoisotopic (exact) mass is 219 g/mol. The van der Waals surface area contributed by atoms with Crippen LogP contribution in [0.1, 0.15) is 25.3 Å².